The average Bonchev–Trinajstić information content (AvgIpc) is 3.10. The zero-order valence-electron chi connectivity index (χ0n) is 25.2. The van der Waals surface area contributed by atoms with Gasteiger partial charge in [0.25, 0.3) is 0 Å². The van der Waals surface area contributed by atoms with Gasteiger partial charge in [0.05, 0.1) is 42.2 Å². The van der Waals surface area contributed by atoms with E-state index in [1.54, 1.807) is 50.2 Å². The van der Waals surface area contributed by atoms with E-state index in [1.807, 2.05) is 46.4 Å². The molecule has 0 spiro atoms. The number of methoxy groups -OCH3 is 2. The Morgan fingerprint density at radius 3 is 2.09 bits per heavy atom. The summed E-state index contributed by atoms with van der Waals surface area (Å²) in [5.74, 6) is 7.47. The molecular formula is C36H27FN6O2S. The van der Waals surface area contributed by atoms with Crippen molar-refractivity contribution in [1.29, 1.82) is 0 Å². The summed E-state index contributed by atoms with van der Waals surface area (Å²) >= 11 is 1.71. The molecule has 6 aromatic rings. The van der Waals surface area contributed by atoms with Crippen molar-refractivity contribution in [3.63, 3.8) is 0 Å². The number of terminal acetylenes is 2. The van der Waals surface area contributed by atoms with Gasteiger partial charge in [0, 0.05) is 27.3 Å². The van der Waals surface area contributed by atoms with Crippen molar-refractivity contribution in [2.24, 2.45) is 0 Å². The molecule has 0 aliphatic carbocycles. The molecule has 0 saturated heterocycles. The summed E-state index contributed by atoms with van der Waals surface area (Å²) in [5.41, 5.74) is 3.19. The Kier molecular flexibility index (Phi) is 8.55. The summed E-state index contributed by atoms with van der Waals surface area (Å²) in [6.07, 6.45) is 14.6. The van der Waals surface area contributed by atoms with E-state index in [4.69, 9.17) is 32.3 Å². The van der Waals surface area contributed by atoms with E-state index in [9.17, 15) is 4.39 Å². The van der Waals surface area contributed by atoms with Gasteiger partial charge >= 0.3 is 0 Å². The molecule has 0 N–H and O–H groups in total. The average molecular weight is 627 g/mol. The maximum atomic E-state index is 14.9. The van der Waals surface area contributed by atoms with Crippen LogP contribution in [0.2, 0.25) is 0 Å². The molecule has 226 valence electrons. The van der Waals surface area contributed by atoms with E-state index in [1.165, 1.54) is 18.7 Å². The summed E-state index contributed by atoms with van der Waals surface area (Å²) in [6.45, 7) is 2.09. The molecule has 10 heteroatoms. The lowest BCUT2D eigenvalue weighted by Gasteiger charge is -2.37. The minimum Gasteiger partial charge on any atom is -0.493 e. The number of benzene rings is 4. The number of fused-ring (bicyclic) bond motifs is 2. The first-order valence-electron chi connectivity index (χ1n) is 14.2. The minimum atomic E-state index is -0.528. The van der Waals surface area contributed by atoms with Crippen LogP contribution in [0.25, 0.3) is 21.8 Å². The van der Waals surface area contributed by atoms with E-state index in [0.29, 0.717) is 51.0 Å². The third kappa shape index (κ3) is 5.58. The number of aromatic nitrogens is 4. The second kappa shape index (κ2) is 13.0. The zero-order valence-corrected chi connectivity index (χ0v) is 26.0. The van der Waals surface area contributed by atoms with Crippen LogP contribution in [0.4, 0.5) is 27.4 Å². The van der Waals surface area contributed by atoms with Gasteiger partial charge in [-0.15, -0.1) is 24.6 Å². The van der Waals surface area contributed by atoms with Crippen LogP contribution < -0.4 is 19.5 Å². The van der Waals surface area contributed by atoms with Gasteiger partial charge in [-0.3, -0.25) is 0 Å². The molecule has 0 saturated carbocycles. The Labute approximate surface area is 270 Å². The second-order valence-electron chi connectivity index (χ2n) is 9.86. The van der Waals surface area contributed by atoms with Crippen LogP contribution in [0, 0.1) is 30.5 Å². The molecule has 8 nitrogen and oxygen atoms in total. The van der Waals surface area contributed by atoms with Crippen LogP contribution in [-0.4, -0.2) is 39.9 Å². The monoisotopic (exact) mass is 626 g/mol. The molecule has 0 amide bonds. The fourth-order valence-electron chi connectivity index (χ4n) is 5.13. The lowest BCUT2D eigenvalue weighted by Crippen LogP contribution is -2.37. The molecule has 0 aliphatic rings. The number of nitrogens with zero attached hydrogens (tertiary/aromatic N) is 6. The van der Waals surface area contributed by atoms with Gasteiger partial charge in [-0.2, -0.15) is 0 Å². The van der Waals surface area contributed by atoms with Crippen LogP contribution in [-0.2, 0) is 0 Å². The van der Waals surface area contributed by atoms with Gasteiger partial charge in [-0.1, -0.05) is 24.8 Å². The molecule has 2 aromatic heterocycles. The molecular weight excluding hydrogens is 600 g/mol. The van der Waals surface area contributed by atoms with Crippen molar-refractivity contribution in [2.45, 2.75) is 11.8 Å². The first kappa shape index (κ1) is 30.2. The van der Waals surface area contributed by atoms with Crippen molar-refractivity contribution in [1.82, 2.24) is 19.9 Å². The highest BCUT2D eigenvalue weighted by atomic mass is 32.2. The lowest BCUT2D eigenvalue weighted by atomic mass is 10.1. The number of thioether (sulfide) groups is 1. The van der Waals surface area contributed by atoms with E-state index >= 15 is 0 Å². The molecule has 0 fully saturated rings. The quantitative estimate of drug-likeness (QED) is 0.0912. The molecule has 6 rings (SSSR count). The third-order valence-electron chi connectivity index (χ3n) is 7.23. The Balaban J connectivity index is 1.75. The van der Waals surface area contributed by atoms with E-state index in [2.05, 4.69) is 34.8 Å². The van der Waals surface area contributed by atoms with Crippen LogP contribution in [0.5, 0.6) is 11.5 Å². The third-order valence-corrected chi connectivity index (χ3v) is 8.10. The van der Waals surface area contributed by atoms with Crippen molar-refractivity contribution < 1.29 is 13.9 Å². The summed E-state index contributed by atoms with van der Waals surface area (Å²) in [6, 6.07) is 21.6. The normalized spacial score (nSPS) is 10.7. The molecule has 4 aromatic carbocycles. The molecule has 0 atom stereocenters. The number of hydrogen-bond acceptors (Lipinski definition) is 9. The van der Waals surface area contributed by atoms with Gasteiger partial charge < -0.3 is 9.47 Å². The summed E-state index contributed by atoms with van der Waals surface area (Å²) in [7, 11) is 3.12. The Morgan fingerprint density at radius 2 is 1.41 bits per heavy atom. The van der Waals surface area contributed by atoms with Crippen LogP contribution >= 0.6 is 11.8 Å². The fourth-order valence-corrected chi connectivity index (χ4v) is 5.83. The summed E-state index contributed by atoms with van der Waals surface area (Å²) in [5, 5.41) is 5.07. The molecule has 0 aliphatic heterocycles. The standard InChI is InChI=1S/C36H27FN6O2S/c1-6-23-10-9-11-25(16-23)42(35-28-18-27(46-8-3)13-15-31(28)38-21-40-35)43(26-12-14-30(37)24(7-2)17-26)36-29-19-33(44-4)34(45-5)20-32(29)39-22-41-36/h1-2,9-22H,8H2,3-5H3. The number of anilines is 4. The first-order valence-corrected chi connectivity index (χ1v) is 15.2. The predicted molar refractivity (Wildman–Crippen MR) is 182 cm³/mol. The van der Waals surface area contributed by atoms with Crippen LogP contribution in [0.15, 0.2) is 90.3 Å². The van der Waals surface area contributed by atoms with Gasteiger partial charge in [-0.25, -0.2) is 34.3 Å². The smallest absolute Gasteiger partial charge is 0.163 e. The van der Waals surface area contributed by atoms with E-state index in [-0.39, 0.29) is 5.56 Å². The number of rotatable bonds is 9. The highest BCUT2D eigenvalue weighted by Crippen LogP contribution is 2.42. The maximum absolute atomic E-state index is 14.9. The van der Waals surface area contributed by atoms with Gasteiger partial charge in [0.2, 0.25) is 0 Å². The maximum Gasteiger partial charge on any atom is 0.163 e. The second-order valence-corrected chi connectivity index (χ2v) is 11.2. The highest BCUT2D eigenvalue weighted by molar-refractivity contribution is 7.99. The van der Waals surface area contributed by atoms with Gasteiger partial charge in [0.15, 0.2) is 23.1 Å². The number of hydrogen-bond donors (Lipinski definition) is 0. The predicted octanol–water partition coefficient (Wildman–Crippen LogP) is 7.70. The first-order chi connectivity index (χ1) is 22.5. The molecule has 0 radical (unpaired) electrons. The largest absolute Gasteiger partial charge is 0.493 e. The molecule has 46 heavy (non-hydrogen) atoms. The number of halogens is 1. The number of ether oxygens (including phenoxy) is 2. The summed E-state index contributed by atoms with van der Waals surface area (Å²) in [4.78, 5) is 19.7. The molecule has 2 heterocycles. The minimum absolute atomic E-state index is 0.0756. The van der Waals surface area contributed by atoms with Gasteiger partial charge in [-0.05, 0) is 66.4 Å². The SMILES string of the molecule is C#Cc1cccc(N(c2ncnc3ccc(SCC)cc23)N(c2ccc(F)c(C#C)c2)c2ncnc3cc(OC)c(OC)cc23)c1. The molecule has 0 bridgehead atoms. The summed E-state index contributed by atoms with van der Waals surface area (Å²) < 4.78 is 26.1. The zero-order chi connectivity index (χ0) is 32.2. The van der Waals surface area contributed by atoms with Crippen LogP contribution in [0.1, 0.15) is 18.1 Å². The van der Waals surface area contributed by atoms with Crippen molar-refractivity contribution in [3.05, 3.63) is 102 Å². The Morgan fingerprint density at radius 1 is 0.739 bits per heavy atom. The number of hydrazine groups is 1. The van der Waals surface area contributed by atoms with E-state index < -0.39 is 5.82 Å². The Bertz CT molecular complexity index is 2180. The fraction of sp³-hybridized carbons (Fsp3) is 0.111. The Hall–Kier alpha value is -5.84. The van der Waals surface area contributed by atoms with E-state index in [0.717, 1.165) is 21.6 Å². The van der Waals surface area contributed by atoms with Crippen LogP contribution in [0.3, 0.4) is 0 Å². The van der Waals surface area contributed by atoms with Crippen molar-refractivity contribution >= 4 is 56.6 Å². The highest BCUT2D eigenvalue weighted by Gasteiger charge is 2.29. The van der Waals surface area contributed by atoms with Gasteiger partial charge in [0.1, 0.15) is 18.5 Å². The topological polar surface area (TPSA) is 76.5 Å². The molecule has 0 unspecified atom stereocenters. The van der Waals surface area contributed by atoms with Crippen molar-refractivity contribution in [2.75, 3.05) is 30.0 Å². The lowest BCUT2D eigenvalue weighted by molar-refractivity contribution is 0.356. The van der Waals surface area contributed by atoms with Crippen molar-refractivity contribution in [3.8, 4) is 36.2 Å².